The van der Waals surface area contributed by atoms with Gasteiger partial charge in [-0.2, -0.15) is 0 Å². The van der Waals surface area contributed by atoms with E-state index in [1.807, 2.05) is 18.2 Å². The van der Waals surface area contributed by atoms with Crippen LogP contribution < -0.4 is 9.47 Å². The summed E-state index contributed by atoms with van der Waals surface area (Å²) in [4.78, 5) is 4.69. The van der Waals surface area contributed by atoms with E-state index in [0.717, 1.165) is 48.1 Å². The second-order valence-electron chi connectivity index (χ2n) is 11.2. The van der Waals surface area contributed by atoms with Crippen LogP contribution in [-0.2, 0) is 13.1 Å². The van der Waals surface area contributed by atoms with Crippen molar-refractivity contribution < 1.29 is 19.7 Å². The Bertz CT molecular complexity index is 1190. The molecule has 1 atom stereocenters. The van der Waals surface area contributed by atoms with E-state index in [0.29, 0.717) is 39.2 Å². The third-order valence-electron chi connectivity index (χ3n) is 8.22. The van der Waals surface area contributed by atoms with Crippen LogP contribution in [0.1, 0.15) is 43.0 Å². The molecule has 1 aromatic heterocycles. The number of nitrogens with zero attached hydrogens (tertiary/aromatic N) is 3. The Labute approximate surface area is 233 Å². The number of hydrogen-bond acceptors (Lipinski definition) is 6. The van der Waals surface area contributed by atoms with Crippen LogP contribution in [0.4, 0.5) is 0 Å². The van der Waals surface area contributed by atoms with Gasteiger partial charge < -0.3 is 24.3 Å². The van der Waals surface area contributed by atoms with Crippen LogP contribution >= 0.6 is 0 Å². The smallest absolute Gasteiger partial charge is 0.161 e. The lowest BCUT2D eigenvalue weighted by atomic mass is 9.99. The number of hydrogen-bond donors (Lipinski definition) is 2. The summed E-state index contributed by atoms with van der Waals surface area (Å²) in [5.74, 6) is 2.32. The molecule has 0 aliphatic carbocycles. The number of aryl methyl sites for hydroxylation is 1. The zero-order valence-corrected chi connectivity index (χ0v) is 24.2. The molecule has 7 nitrogen and oxygen atoms in total. The van der Waals surface area contributed by atoms with Crippen molar-refractivity contribution in [2.75, 3.05) is 53.0 Å². The minimum atomic E-state index is -0.542. The summed E-state index contributed by atoms with van der Waals surface area (Å²) < 4.78 is 14.0. The van der Waals surface area contributed by atoms with E-state index in [9.17, 15) is 10.2 Å². The summed E-state index contributed by atoms with van der Waals surface area (Å²) in [6.07, 6.45) is 2.65. The maximum atomic E-state index is 11.1. The van der Waals surface area contributed by atoms with Crippen LogP contribution in [0.15, 0.2) is 42.5 Å². The number of para-hydroxylation sites is 1. The summed E-state index contributed by atoms with van der Waals surface area (Å²) in [5, 5.41) is 21.9. The van der Waals surface area contributed by atoms with Crippen LogP contribution in [0.25, 0.3) is 10.9 Å². The number of likely N-dealkylation sites (tertiary alicyclic amines) is 1. The van der Waals surface area contributed by atoms with Gasteiger partial charge in [0, 0.05) is 49.4 Å². The van der Waals surface area contributed by atoms with Gasteiger partial charge in [-0.25, -0.2) is 0 Å². The van der Waals surface area contributed by atoms with Gasteiger partial charge in [-0.3, -0.25) is 9.80 Å². The van der Waals surface area contributed by atoms with Gasteiger partial charge in [0.05, 0.1) is 19.8 Å². The van der Waals surface area contributed by atoms with E-state index in [-0.39, 0.29) is 6.61 Å². The topological polar surface area (TPSA) is 70.3 Å². The second-order valence-corrected chi connectivity index (χ2v) is 11.2. The lowest BCUT2D eigenvalue weighted by molar-refractivity contribution is 0.0908. The van der Waals surface area contributed by atoms with Crippen molar-refractivity contribution in [3.05, 3.63) is 59.3 Å². The standard InChI is InChI=1S/C32H47N3O4/c1-24-12-15-33(16-13-24)17-19-39-31-11-10-27(20-32(31)38-4)21-34(14-7-18-36)22-28(37)23-35-26(3)25(2)29-8-5-6-9-30(29)35/h5-6,8-11,20,24,28,36-37H,7,12-19,21-23H2,1-4H3/t28-/m0/s1. The molecule has 2 aromatic carbocycles. The average molecular weight is 538 g/mol. The highest BCUT2D eigenvalue weighted by molar-refractivity contribution is 5.85. The molecule has 4 rings (SSSR count). The molecule has 1 aliphatic heterocycles. The number of rotatable bonds is 14. The van der Waals surface area contributed by atoms with Gasteiger partial charge in [0.2, 0.25) is 0 Å². The first-order chi connectivity index (χ1) is 18.9. The van der Waals surface area contributed by atoms with E-state index in [1.165, 1.54) is 29.5 Å². The summed E-state index contributed by atoms with van der Waals surface area (Å²) in [7, 11) is 1.68. The van der Waals surface area contributed by atoms with E-state index in [1.54, 1.807) is 7.11 Å². The van der Waals surface area contributed by atoms with Crippen LogP contribution in [-0.4, -0.2) is 83.7 Å². The second kappa shape index (κ2) is 14.2. The highest BCUT2D eigenvalue weighted by Crippen LogP contribution is 2.29. The Morgan fingerprint density at radius 2 is 1.85 bits per heavy atom. The van der Waals surface area contributed by atoms with Gasteiger partial charge in [-0.05, 0) is 81.4 Å². The molecule has 1 saturated heterocycles. The average Bonchev–Trinajstić information content (AvgIpc) is 3.18. The summed E-state index contributed by atoms with van der Waals surface area (Å²) in [6.45, 7) is 13.0. The molecule has 0 radical (unpaired) electrons. The highest BCUT2D eigenvalue weighted by Gasteiger charge is 2.18. The van der Waals surface area contributed by atoms with Crippen LogP contribution in [0.5, 0.6) is 11.5 Å². The molecule has 0 unspecified atom stereocenters. The Kier molecular flexibility index (Phi) is 10.7. The van der Waals surface area contributed by atoms with E-state index in [4.69, 9.17) is 9.47 Å². The molecule has 0 bridgehead atoms. The third-order valence-corrected chi connectivity index (χ3v) is 8.22. The minimum Gasteiger partial charge on any atom is -0.493 e. The van der Waals surface area contributed by atoms with E-state index in [2.05, 4.69) is 59.4 Å². The molecule has 0 amide bonds. The summed E-state index contributed by atoms with van der Waals surface area (Å²) >= 11 is 0. The first kappa shape index (κ1) is 29.4. The summed E-state index contributed by atoms with van der Waals surface area (Å²) in [5.41, 5.74) is 4.69. The Balaban J connectivity index is 1.37. The van der Waals surface area contributed by atoms with Gasteiger partial charge in [0.25, 0.3) is 0 Å². The fourth-order valence-electron chi connectivity index (χ4n) is 5.69. The van der Waals surface area contributed by atoms with Gasteiger partial charge in [-0.15, -0.1) is 0 Å². The van der Waals surface area contributed by atoms with Crippen molar-refractivity contribution in [3.63, 3.8) is 0 Å². The third kappa shape index (κ3) is 7.76. The van der Waals surface area contributed by atoms with Crippen molar-refractivity contribution in [1.82, 2.24) is 14.4 Å². The van der Waals surface area contributed by atoms with Crippen LogP contribution in [0.3, 0.4) is 0 Å². The molecule has 0 spiro atoms. The molecule has 7 heteroatoms. The molecule has 0 saturated carbocycles. The van der Waals surface area contributed by atoms with Crippen molar-refractivity contribution in [3.8, 4) is 11.5 Å². The summed E-state index contributed by atoms with van der Waals surface area (Å²) in [6, 6.07) is 14.5. The highest BCUT2D eigenvalue weighted by atomic mass is 16.5. The molecule has 3 aromatic rings. The van der Waals surface area contributed by atoms with Crippen LogP contribution in [0.2, 0.25) is 0 Å². The quantitative estimate of drug-likeness (QED) is 0.313. The molecule has 214 valence electrons. The predicted molar refractivity (Wildman–Crippen MR) is 158 cm³/mol. The van der Waals surface area contributed by atoms with E-state index < -0.39 is 6.10 Å². The number of aliphatic hydroxyl groups excluding tert-OH is 2. The van der Waals surface area contributed by atoms with Gasteiger partial charge >= 0.3 is 0 Å². The number of aliphatic hydroxyl groups is 2. The zero-order valence-electron chi connectivity index (χ0n) is 24.2. The van der Waals surface area contributed by atoms with Crippen LogP contribution in [0, 0.1) is 19.8 Å². The Morgan fingerprint density at radius 1 is 1.08 bits per heavy atom. The van der Waals surface area contributed by atoms with E-state index >= 15 is 0 Å². The lowest BCUT2D eigenvalue weighted by Gasteiger charge is -2.30. The molecule has 39 heavy (non-hydrogen) atoms. The zero-order chi connectivity index (χ0) is 27.8. The Hall–Kier alpha value is -2.58. The minimum absolute atomic E-state index is 0.124. The number of piperidine rings is 1. The molecule has 2 heterocycles. The normalized spacial score (nSPS) is 15.8. The van der Waals surface area contributed by atoms with Gasteiger partial charge in [0.15, 0.2) is 11.5 Å². The van der Waals surface area contributed by atoms with Crippen molar-refractivity contribution in [2.45, 2.75) is 59.2 Å². The largest absolute Gasteiger partial charge is 0.493 e. The Morgan fingerprint density at radius 3 is 2.59 bits per heavy atom. The predicted octanol–water partition coefficient (Wildman–Crippen LogP) is 4.62. The fourth-order valence-corrected chi connectivity index (χ4v) is 5.69. The van der Waals surface area contributed by atoms with Gasteiger partial charge in [-0.1, -0.05) is 31.2 Å². The number of fused-ring (bicyclic) bond motifs is 1. The SMILES string of the molecule is COc1cc(CN(CCCO)C[C@H](O)Cn2c(C)c(C)c3ccccc32)ccc1OCCN1CCC(C)CC1. The maximum absolute atomic E-state index is 11.1. The fraction of sp³-hybridized carbons (Fsp3) is 0.562. The molecular formula is C32H47N3O4. The number of aromatic nitrogens is 1. The van der Waals surface area contributed by atoms with Crippen molar-refractivity contribution in [1.29, 1.82) is 0 Å². The number of ether oxygens (including phenoxy) is 2. The number of benzene rings is 2. The first-order valence-corrected chi connectivity index (χ1v) is 14.5. The monoisotopic (exact) mass is 537 g/mol. The molecule has 1 aliphatic rings. The molecule has 1 fully saturated rings. The van der Waals surface area contributed by atoms with Crippen molar-refractivity contribution >= 4 is 10.9 Å². The number of methoxy groups -OCH3 is 1. The maximum Gasteiger partial charge on any atom is 0.161 e. The molecule has 2 N–H and O–H groups in total. The van der Waals surface area contributed by atoms with Gasteiger partial charge in [0.1, 0.15) is 6.61 Å². The van der Waals surface area contributed by atoms with Crippen molar-refractivity contribution in [2.24, 2.45) is 5.92 Å². The first-order valence-electron chi connectivity index (χ1n) is 14.5. The lowest BCUT2D eigenvalue weighted by Crippen LogP contribution is -2.36. The molecular weight excluding hydrogens is 490 g/mol.